The van der Waals surface area contributed by atoms with E-state index >= 15 is 0 Å². The van der Waals surface area contributed by atoms with Crippen LogP contribution in [0.25, 0.3) is 0 Å². The number of rotatable bonds is 5. The number of nitrogens with two attached hydrogens (primary N) is 2. The van der Waals surface area contributed by atoms with E-state index in [0.717, 1.165) is 5.56 Å². The van der Waals surface area contributed by atoms with Crippen LogP contribution in [-0.4, -0.2) is 21.1 Å². The highest BCUT2D eigenvalue weighted by molar-refractivity contribution is 8.00. The summed E-state index contributed by atoms with van der Waals surface area (Å²) in [5.74, 6) is 0.0172. The van der Waals surface area contributed by atoms with Crippen molar-refractivity contribution < 1.29 is 9.18 Å². The van der Waals surface area contributed by atoms with E-state index in [4.69, 9.17) is 11.5 Å². The Labute approximate surface area is 137 Å². The van der Waals surface area contributed by atoms with Crippen LogP contribution in [0.2, 0.25) is 0 Å². The molecule has 8 heteroatoms. The molecule has 1 aromatic carbocycles. The van der Waals surface area contributed by atoms with Crippen LogP contribution >= 0.6 is 11.8 Å². The Morgan fingerprint density at radius 3 is 2.30 bits per heavy atom. The molecule has 2 aromatic rings. The molecule has 5 N–H and O–H groups in total. The van der Waals surface area contributed by atoms with Crippen molar-refractivity contribution in [2.24, 2.45) is 0 Å². The summed E-state index contributed by atoms with van der Waals surface area (Å²) in [6.07, 6.45) is 0. The predicted molar refractivity (Wildman–Crippen MR) is 89.1 cm³/mol. The molecule has 0 radical (unpaired) electrons. The summed E-state index contributed by atoms with van der Waals surface area (Å²) >= 11 is 1.17. The predicted octanol–water partition coefficient (Wildman–Crippen LogP) is 2.14. The molecule has 122 valence electrons. The molecule has 0 bridgehead atoms. The van der Waals surface area contributed by atoms with Gasteiger partial charge in [-0.3, -0.25) is 4.79 Å². The number of hydrogen-bond donors (Lipinski definition) is 3. The highest BCUT2D eigenvalue weighted by atomic mass is 32.2. The molecule has 0 aliphatic carbocycles. The molecule has 0 saturated heterocycles. The average molecular weight is 335 g/mol. The van der Waals surface area contributed by atoms with Crippen molar-refractivity contribution in [3.8, 4) is 0 Å². The molecule has 2 unspecified atom stereocenters. The SMILES string of the molecule is CC(Sc1nc(N)cc(N)n1)C(=O)NC(C)c1ccc(F)cc1. The number of amides is 1. The zero-order chi connectivity index (χ0) is 17.0. The number of carbonyl (C=O) groups excluding carboxylic acids is 1. The fourth-order valence-electron chi connectivity index (χ4n) is 1.89. The van der Waals surface area contributed by atoms with Crippen molar-refractivity contribution in [1.29, 1.82) is 0 Å². The minimum absolute atomic E-state index is 0.184. The third kappa shape index (κ3) is 4.82. The molecule has 0 fully saturated rings. The molecule has 2 atom stereocenters. The lowest BCUT2D eigenvalue weighted by molar-refractivity contribution is -0.120. The summed E-state index contributed by atoms with van der Waals surface area (Å²) in [4.78, 5) is 20.3. The van der Waals surface area contributed by atoms with Crippen LogP contribution < -0.4 is 16.8 Å². The number of thioether (sulfide) groups is 1. The Balaban J connectivity index is 1.97. The van der Waals surface area contributed by atoms with Gasteiger partial charge in [0.2, 0.25) is 5.91 Å². The highest BCUT2D eigenvalue weighted by Gasteiger charge is 2.19. The Morgan fingerprint density at radius 2 is 1.74 bits per heavy atom. The Kier molecular flexibility index (Phi) is 5.38. The Morgan fingerprint density at radius 1 is 1.17 bits per heavy atom. The summed E-state index contributed by atoms with van der Waals surface area (Å²) in [6, 6.07) is 7.21. The second-order valence-electron chi connectivity index (χ2n) is 5.04. The molecule has 0 aliphatic heterocycles. The maximum atomic E-state index is 12.9. The Hall–Kier alpha value is -2.35. The number of benzene rings is 1. The van der Waals surface area contributed by atoms with Crippen LogP contribution in [0, 0.1) is 5.82 Å². The largest absolute Gasteiger partial charge is 0.383 e. The van der Waals surface area contributed by atoms with Crippen molar-refractivity contribution >= 4 is 29.3 Å². The van der Waals surface area contributed by atoms with E-state index in [-0.39, 0.29) is 29.4 Å². The highest BCUT2D eigenvalue weighted by Crippen LogP contribution is 2.22. The van der Waals surface area contributed by atoms with Crippen LogP contribution in [-0.2, 0) is 4.79 Å². The lowest BCUT2D eigenvalue weighted by Gasteiger charge is -2.17. The van der Waals surface area contributed by atoms with Crippen LogP contribution in [0.1, 0.15) is 25.5 Å². The third-order valence-electron chi connectivity index (χ3n) is 3.13. The molecule has 1 aromatic heterocycles. The number of hydrogen-bond acceptors (Lipinski definition) is 6. The normalized spacial score (nSPS) is 13.3. The van der Waals surface area contributed by atoms with Gasteiger partial charge in [0.05, 0.1) is 11.3 Å². The number of nitrogen functional groups attached to an aromatic ring is 2. The van der Waals surface area contributed by atoms with Crippen LogP contribution in [0.3, 0.4) is 0 Å². The quantitative estimate of drug-likeness (QED) is 0.571. The third-order valence-corrected chi connectivity index (χ3v) is 4.09. The van der Waals surface area contributed by atoms with E-state index in [1.165, 1.54) is 30.0 Å². The van der Waals surface area contributed by atoms with Crippen molar-refractivity contribution in [1.82, 2.24) is 15.3 Å². The van der Waals surface area contributed by atoms with E-state index in [1.54, 1.807) is 19.1 Å². The van der Waals surface area contributed by atoms with Crippen molar-refractivity contribution in [3.05, 3.63) is 41.7 Å². The number of nitrogens with zero attached hydrogens (tertiary/aromatic N) is 2. The molecule has 23 heavy (non-hydrogen) atoms. The Bertz CT molecular complexity index is 675. The molecule has 6 nitrogen and oxygen atoms in total. The molecule has 1 amide bonds. The van der Waals surface area contributed by atoms with Gasteiger partial charge in [-0.2, -0.15) is 0 Å². The monoisotopic (exact) mass is 335 g/mol. The first-order valence-electron chi connectivity index (χ1n) is 6.97. The van der Waals surface area contributed by atoms with E-state index in [1.807, 2.05) is 6.92 Å². The van der Waals surface area contributed by atoms with Crippen molar-refractivity contribution in [2.45, 2.75) is 30.3 Å². The fourth-order valence-corrected chi connectivity index (χ4v) is 2.70. The fraction of sp³-hybridized carbons (Fsp3) is 0.267. The van der Waals surface area contributed by atoms with E-state index in [2.05, 4.69) is 15.3 Å². The smallest absolute Gasteiger partial charge is 0.233 e. The zero-order valence-electron chi connectivity index (χ0n) is 12.8. The molecular weight excluding hydrogens is 317 g/mol. The number of anilines is 2. The molecular formula is C15H18FN5OS. The van der Waals surface area contributed by atoms with Crippen molar-refractivity contribution in [2.75, 3.05) is 11.5 Å². The van der Waals surface area contributed by atoms with Gasteiger partial charge in [0.15, 0.2) is 5.16 Å². The summed E-state index contributed by atoms with van der Waals surface area (Å²) in [5.41, 5.74) is 12.0. The number of halogens is 1. The molecule has 2 rings (SSSR count). The van der Waals surface area contributed by atoms with Crippen LogP contribution in [0.15, 0.2) is 35.5 Å². The first kappa shape index (κ1) is 17.0. The maximum Gasteiger partial charge on any atom is 0.233 e. The summed E-state index contributed by atoms with van der Waals surface area (Å²) in [7, 11) is 0. The first-order valence-corrected chi connectivity index (χ1v) is 7.85. The minimum atomic E-state index is -0.431. The van der Waals surface area contributed by atoms with Gasteiger partial charge in [0.1, 0.15) is 17.5 Å². The van der Waals surface area contributed by atoms with Gasteiger partial charge < -0.3 is 16.8 Å². The van der Waals surface area contributed by atoms with Crippen molar-refractivity contribution in [3.63, 3.8) is 0 Å². The summed E-state index contributed by atoms with van der Waals surface area (Å²) in [6.45, 7) is 3.57. The summed E-state index contributed by atoms with van der Waals surface area (Å²) in [5, 5.41) is 2.78. The van der Waals surface area contributed by atoms with Gasteiger partial charge in [-0.1, -0.05) is 23.9 Å². The molecule has 0 saturated carbocycles. The van der Waals surface area contributed by atoms with E-state index < -0.39 is 5.25 Å². The molecule has 0 aliphatic rings. The average Bonchev–Trinajstić information content (AvgIpc) is 2.46. The number of aromatic nitrogens is 2. The number of nitrogens with one attached hydrogen (secondary N) is 1. The maximum absolute atomic E-state index is 12.9. The molecule has 0 spiro atoms. The lowest BCUT2D eigenvalue weighted by atomic mass is 10.1. The van der Waals surface area contributed by atoms with Gasteiger partial charge >= 0.3 is 0 Å². The standard InChI is InChI=1S/C15H18FN5OS/c1-8(10-3-5-11(16)6-4-10)19-14(22)9(2)23-15-20-12(17)7-13(18)21-15/h3-9H,1-2H3,(H,19,22)(H4,17,18,20,21). The minimum Gasteiger partial charge on any atom is -0.383 e. The second kappa shape index (κ2) is 7.28. The van der Waals surface area contributed by atoms with Gasteiger partial charge in [-0.25, -0.2) is 14.4 Å². The zero-order valence-corrected chi connectivity index (χ0v) is 13.6. The summed E-state index contributed by atoms with van der Waals surface area (Å²) < 4.78 is 12.9. The topological polar surface area (TPSA) is 107 Å². The molecule has 1 heterocycles. The number of carbonyl (C=O) groups is 1. The van der Waals surface area contributed by atoms with Gasteiger partial charge in [0.25, 0.3) is 0 Å². The first-order chi connectivity index (χ1) is 10.8. The van der Waals surface area contributed by atoms with Gasteiger partial charge in [0, 0.05) is 6.07 Å². The lowest BCUT2D eigenvalue weighted by Crippen LogP contribution is -2.33. The van der Waals surface area contributed by atoms with Crippen LogP contribution in [0.4, 0.5) is 16.0 Å². The van der Waals surface area contributed by atoms with Gasteiger partial charge in [-0.15, -0.1) is 0 Å². The van der Waals surface area contributed by atoms with E-state index in [9.17, 15) is 9.18 Å². The second-order valence-corrected chi connectivity index (χ2v) is 6.35. The van der Waals surface area contributed by atoms with E-state index in [0.29, 0.717) is 5.16 Å². The van der Waals surface area contributed by atoms with Crippen LogP contribution in [0.5, 0.6) is 0 Å². The van der Waals surface area contributed by atoms with Gasteiger partial charge in [-0.05, 0) is 31.5 Å².